The van der Waals surface area contributed by atoms with Crippen LogP contribution in [-0.2, 0) is 5.41 Å². The molecule has 1 heteroatoms. The van der Waals surface area contributed by atoms with Gasteiger partial charge in [0.05, 0.1) is 5.41 Å². The molecule has 0 fully saturated rings. The minimum absolute atomic E-state index is 0.469. The molecule has 0 aromatic heterocycles. The van der Waals surface area contributed by atoms with Gasteiger partial charge in [-0.2, -0.15) is 0 Å². The molecule has 0 spiro atoms. The first-order valence-electron chi connectivity index (χ1n) is 18.7. The summed E-state index contributed by atoms with van der Waals surface area (Å²) in [6.45, 7) is 0. The Labute approximate surface area is 317 Å². The standard InChI is InChI=1S/C53H37N/c1-5-17-38(18-6-1)45-26-15-29-48-46(27-16-28-47(45)48)39-31-33-43(34-32-39)54(42-23-11-4-12-24-42)44-35-36-50-49-25-13-14-30-51(49)53(52(50)37-44,40-19-7-2-8-20-40)41-21-9-3-10-22-41/h1-37H. The minimum Gasteiger partial charge on any atom is -0.310 e. The summed E-state index contributed by atoms with van der Waals surface area (Å²) >= 11 is 0. The molecule has 0 saturated carbocycles. The summed E-state index contributed by atoms with van der Waals surface area (Å²) in [5, 5.41) is 2.51. The van der Waals surface area contributed by atoms with E-state index in [0.29, 0.717) is 0 Å². The smallest absolute Gasteiger partial charge is 0.0714 e. The first kappa shape index (κ1) is 31.7. The highest BCUT2D eigenvalue weighted by molar-refractivity contribution is 6.04. The van der Waals surface area contributed by atoms with E-state index in [0.717, 1.165) is 17.1 Å². The van der Waals surface area contributed by atoms with E-state index in [1.165, 1.54) is 66.4 Å². The maximum atomic E-state index is 2.44. The van der Waals surface area contributed by atoms with Crippen LogP contribution in [0.3, 0.4) is 0 Å². The fourth-order valence-electron chi connectivity index (χ4n) is 8.82. The third-order valence-electron chi connectivity index (χ3n) is 11.2. The molecule has 0 amide bonds. The Hall–Kier alpha value is -6.96. The lowest BCUT2D eigenvalue weighted by molar-refractivity contribution is 0.768. The summed E-state index contributed by atoms with van der Waals surface area (Å²) in [5.74, 6) is 0. The molecule has 54 heavy (non-hydrogen) atoms. The normalized spacial score (nSPS) is 12.6. The van der Waals surface area contributed by atoms with Crippen molar-refractivity contribution in [1.82, 2.24) is 0 Å². The number of anilines is 3. The van der Waals surface area contributed by atoms with E-state index in [4.69, 9.17) is 0 Å². The highest BCUT2D eigenvalue weighted by Crippen LogP contribution is 2.57. The van der Waals surface area contributed by atoms with E-state index in [2.05, 4.69) is 229 Å². The summed E-state index contributed by atoms with van der Waals surface area (Å²) in [5.41, 5.74) is 15.5. The van der Waals surface area contributed by atoms with Crippen LogP contribution < -0.4 is 4.90 Å². The van der Waals surface area contributed by atoms with E-state index in [1.807, 2.05) is 0 Å². The van der Waals surface area contributed by atoms with Gasteiger partial charge in [0.15, 0.2) is 0 Å². The van der Waals surface area contributed by atoms with Gasteiger partial charge in [-0.1, -0.05) is 188 Å². The van der Waals surface area contributed by atoms with Crippen molar-refractivity contribution >= 4 is 27.8 Å². The third kappa shape index (κ3) is 5.09. The molecule has 0 N–H and O–H groups in total. The molecule has 0 aliphatic heterocycles. The summed E-state index contributed by atoms with van der Waals surface area (Å²) in [6, 6.07) is 81.9. The van der Waals surface area contributed by atoms with Gasteiger partial charge in [0.2, 0.25) is 0 Å². The lowest BCUT2D eigenvalue weighted by Gasteiger charge is -2.35. The quantitative estimate of drug-likeness (QED) is 0.161. The van der Waals surface area contributed by atoms with Crippen molar-refractivity contribution < 1.29 is 0 Å². The first-order valence-corrected chi connectivity index (χ1v) is 18.7. The molecule has 9 aromatic rings. The predicted molar refractivity (Wildman–Crippen MR) is 227 cm³/mol. The van der Waals surface area contributed by atoms with Crippen molar-refractivity contribution in [3.05, 3.63) is 247 Å². The number of rotatable bonds is 7. The Bertz CT molecular complexity index is 2700. The SMILES string of the molecule is c1ccc(-c2cccc3c(-c4ccc(N(c5ccccc5)c5ccc6c(c5)C(c5ccccc5)(c5ccccc5)c5ccccc5-6)cc4)cccc23)cc1. The highest BCUT2D eigenvalue weighted by Gasteiger charge is 2.46. The second-order valence-electron chi connectivity index (χ2n) is 14.0. The summed E-state index contributed by atoms with van der Waals surface area (Å²) in [4.78, 5) is 2.39. The van der Waals surface area contributed by atoms with E-state index < -0.39 is 5.41 Å². The van der Waals surface area contributed by atoms with Crippen molar-refractivity contribution in [3.8, 4) is 33.4 Å². The Morgan fingerprint density at radius 2 is 0.722 bits per heavy atom. The van der Waals surface area contributed by atoms with Gasteiger partial charge in [-0.25, -0.2) is 0 Å². The fourth-order valence-corrected chi connectivity index (χ4v) is 8.82. The maximum Gasteiger partial charge on any atom is 0.0714 e. The number of benzene rings is 9. The maximum absolute atomic E-state index is 2.44. The zero-order valence-corrected chi connectivity index (χ0v) is 29.8. The van der Waals surface area contributed by atoms with Gasteiger partial charge >= 0.3 is 0 Å². The fraction of sp³-hybridized carbons (Fsp3) is 0.0189. The van der Waals surface area contributed by atoms with Gasteiger partial charge < -0.3 is 4.90 Å². The van der Waals surface area contributed by atoms with Crippen molar-refractivity contribution in [2.45, 2.75) is 5.41 Å². The van der Waals surface area contributed by atoms with Crippen LogP contribution >= 0.6 is 0 Å². The molecule has 9 aromatic carbocycles. The van der Waals surface area contributed by atoms with Crippen molar-refractivity contribution in [2.24, 2.45) is 0 Å². The zero-order chi connectivity index (χ0) is 35.9. The van der Waals surface area contributed by atoms with E-state index in [9.17, 15) is 0 Å². The van der Waals surface area contributed by atoms with Crippen LogP contribution in [-0.4, -0.2) is 0 Å². The molecule has 0 heterocycles. The van der Waals surface area contributed by atoms with Crippen LogP contribution in [0, 0.1) is 0 Å². The highest BCUT2D eigenvalue weighted by atomic mass is 15.1. The first-order chi connectivity index (χ1) is 26.8. The molecule has 1 aliphatic carbocycles. The molecule has 0 bridgehead atoms. The van der Waals surface area contributed by atoms with Gasteiger partial charge in [-0.15, -0.1) is 0 Å². The molecular weight excluding hydrogens is 651 g/mol. The topological polar surface area (TPSA) is 3.24 Å². The van der Waals surface area contributed by atoms with Crippen LogP contribution in [0.1, 0.15) is 22.3 Å². The van der Waals surface area contributed by atoms with Gasteiger partial charge in [0.25, 0.3) is 0 Å². The van der Waals surface area contributed by atoms with Gasteiger partial charge in [0, 0.05) is 17.1 Å². The second kappa shape index (κ2) is 13.2. The van der Waals surface area contributed by atoms with Crippen LogP contribution in [0.15, 0.2) is 224 Å². The Balaban J connectivity index is 1.13. The molecule has 10 rings (SSSR count). The second-order valence-corrected chi connectivity index (χ2v) is 14.0. The number of hydrogen-bond donors (Lipinski definition) is 0. The van der Waals surface area contributed by atoms with E-state index in [-0.39, 0.29) is 0 Å². The van der Waals surface area contributed by atoms with Gasteiger partial charge in [-0.05, 0) is 103 Å². The number of para-hydroxylation sites is 1. The van der Waals surface area contributed by atoms with E-state index >= 15 is 0 Å². The van der Waals surface area contributed by atoms with Gasteiger partial charge in [-0.3, -0.25) is 0 Å². The Kier molecular flexibility index (Phi) is 7.78. The van der Waals surface area contributed by atoms with Gasteiger partial charge in [0.1, 0.15) is 0 Å². The average Bonchev–Trinajstić information content (AvgIpc) is 3.55. The zero-order valence-electron chi connectivity index (χ0n) is 29.8. The molecule has 0 atom stereocenters. The molecular formula is C53H37N. The molecule has 0 radical (unpaired) electrons. The monoisotopic (exact) mass is 687 g/mol. The Morgan fingerprint density at radius 1 is 0.278 bits per heavy atom. The minimum atomic E-state index is -0.469. The number of fused-ring (bicyclic) bond motifs is 4. The van der Waals surface area contributed by atoms with Crippen LogP contribution in [0.2, 0.25) is 0 Å². The largest absolute Gasteiger partial charge is 0.310 e. The molecule has 254 valence electrons. The van der Waals surface area contributed by atoms with Crippen molar-refractivity contribution in [2.75, 3.05) is 4.90 Å². The summed E-state index contributed by atoms with van der Waals surface area (Å²) in [6.07, 6.45) is 0. The Morgan fingerprint density at radius 3 is 1.33 bits per heavy atom. The van der Waals surface area contributed by atoms with E-state index in [1.54, 1.807) is 0 Å². The lowest BCUT2D eigenvalue weighted by atomic mass is 9.67. The lowest BCUT2D eigenvalue weighted by Crippen LogP contribution is -2.28. The molecule has 0 unspecified atom stereocenters. The number of hydrogen-bond acceptors (Lipinski definition) is 1. The average molecular weight is 688 g/mol. The summed E-state index contributed by atoms with van der Waals surface area (Å²) in [7, 11) is 0. The third-order valence-corrected chi connectivity index (χ3v) is 11.2. The van der Waals surface area contributed by atoms with Crippen LogP contribution in [0.4, 0.5) is 17.1 Å². The van der Waals surface area contributed by atoms with Crippen LogP contribution in [0.5, 0.6) is 0 Å². The predicted octanol–water partition coefficient (Wildman–Crippen LogP) is 14.0. The summed E-state index contributed by atoms with van der Waals surface area (Å²) < 4.78 is 0. The molecule has 1 nitrogen and oxygen atoms in total. The van der Waals surface area contributed by atoms with Crippen molar-refractivity contribution in [1.29, 1.82) is 0 Å². The van der Waals surface area contributed by atoms with Crippen LogP contribution in [0.25, 0.3) is 44.2 Å². The molecule has 0 saturated heterocycles. The molecule has 1 aliphatic rings. The number of nitrogens with zero attached hydrogens (tertiary/aromatic N) is 1. The van der Waals surface area contributed by atoms with Crippen molar-refractivity contribution in [3.63, 3.8) is 0 Å².